The Morgan fingerprint density at radius 3 is 2.64 bits per heavy atom. The molecule has 4 heteroatoms. The van der Waals surface area contributed by atoms with E-state index in [2.05, 4.69) is 0 Å². The lowest BCUT2D eigenvalue weighted by molar-refractivity contribution is 0.456. The molecule has 3 N–H and O–H groups in total. The molecule has 0 spiro atoms. The van der Waals surface area contributed by atoms with Crippen LogP contribution in [0.25, 0.3) is 0 Å². The van der Waals surface area contributed by atoms with Crippen molar-refractivity contribution >= 4 is 24.0 Å². The van der Waals surface area contributed by atoms with E-state index in [0.717, 1.165) is 18.4 Å². The predicted molar refractivity (Wildman–Crippen MR) is 60.0 cm³/mol. The number of rotatable bonds is 2. The predicted octanol–water partition coefficient (Wildman–Crippen LogP) is 2.88. The van der Waals surface area contributed by atoms with Crippen molar-refractivity contribution in [3.8, 4) is 5.75 Å². The highest BCUT2D eigenvalue weighted by Crippen LogP contribution is 2.43. The lowest BCUT2D eigenvalue weighted by Gasteiger charge is -2.12. The van der Waals surface area contributed by atoms with Crippen LogP contribution in [-0.2, 0) is 0 Å². The standard InChI is InChI=1S/C10H12ClNO.ClH/c11-8-3-1-2-7(10(8)13)9(12)6-4-5-6;/h1-3,6,9,13H,4-5,12H2;1H/t9-;/m0./s1. The van der Waals surface area contributed by atoms with Gasteiger partial charge in [0, 0.05) is 11.6 Å². The van der Waals surface area contributed by atoms with Gasteiger partial charge in [-0.15, -0.1) is 12.4 Å². The molecule has 1 aromatic carbocycles. The van der Waals surface area contributed by atoms with Crippen molar-refractivity contribution in [2.24, 2.45) is 11.7 Å². The molecular formula is C10H13Cl2NO. The first kappa shape index (κ1) is 11.6. The molecule has 2 rings (SSSR count). The van der Waals surface area contributed by atoms with Crippen molar-refractivity contribution in [2.75, 3.05) is 0 Å². The van der Waals surface area contributed by atoms with Crippen molar-refractivity contribution in [3.05, 3.63) is 28.8 Å². The highest BCUT2D eigenvalue weighted by molar-refractivity contribution is 6.32. The Balaban J connectivity index is 0.000000980. The Labute approximate surface area is 94.5 Å². The topological polar surface area (TPSA) is 46.2 Å². The summed E-state index contributed by atoms with van der Waals surface area (Å²) < 4.78 is 0. The van der Waals surface area contributed by atoms with Crippen LogP contribution >= 0.6 is 24.0 Å². The summed E-state index contributed by atoms with van der Waals surface area (Å²) >= 11 is 5.78. The molecular weight excluding hydrogens is 221 g/mol. The van der Waals surface area contributed by atoms with Crippen LogP contribution in [0, 0.1) is 5.92 Å². The maximum Gasteiger partial charge on any atom is 0.138 e. The molecule has 0 bridgehead atoms. The van der Waals surface area contributed by atoms with Gasteiger partial charge in [0.05, 0.1) is 5.02 Å². The van der Waals surface area contributed by atoms with Crippen LogP contribution < -0.4 is 5.73 Å². The highest BCUT2D eigenvalue weighted by Gasteiger charge is 2.31. The molecule has 78 valence electrons. The number of aromatic hydroxyl groups is 1. The fraction of sp³-hybridized carbons (Fsp3) is 0.400. The number of phenols is 1. The van der Waals surface area contributed by atoms with E-state index >= 15 is 0 Å². The molecule has 1 saturated carbocycles. The summed E-state index contributed by atoms with van der Waals surface area (Å²) in [5.41, 5.74) is 6.72. The van der Waals surface area contributed by atoms with Crippen LogP contribution in [0.1, 0.15) is 24.4 Å². The van der Waals surface area contributed by atoms with Crippen LogP contribution in [0.15, 0.2) is 18.2 Å². The molecule has 1 aliphatic carbocycles. The Morgan fingerprint density at radius 2 is 2.07 bits per heavy atom. The molecule has 0 saturated heterocycles. The molecule has 0 aliphatic heterocycles. The van der Waals surface area contributed by atoms with Crippen LogP contribution in [0.4, 0.5) is 0 Å². The van der Waals surface area contributed by atoms with E-state index in [0.29, 0.717) is 10.9 Å². The van der Waals surface area contributed by atoms with Gasteiger partial charge >= 0.3 is 0 Å². The van der Waals surface area contributed by atoms with Gasteiger partial charge in [0.2, 0.25) is 0 Å². The smallest absolute Gasteiger partial charge is 0.138 e. The molecule has 1 fully saturated rings. The van der Waals surface area contributed by atoms with Gasteiger partial charge in [-0.25, -0.2) is 0 Å². The number of nitrogens with two attached hydrogens (primary N) is 1. The number of benzene rings is 1. The molecule has 0 unspecified atom stereocenters. The number of phenolic OH excluding ortho intramolecular Hbond substituents is 1. The molecule has 1 atom stereocenters. The Bertz CT molecular complexity index is 326. The minimum Gasteiger partial charge on any atom is -0.506 e. The van der Waals surface area contributed by atoms with Gasteiger partial charge in [0.1, 0.15) is 5.75 Å². The van der Waals surface area contributed by atoms with E-state index in [4.69, 9.17) is 17.3 Å². The van der Waals surface area contributed by atoms with Gasteiger partial charge in [-0.05, 0) is 24.8 Å². The number of halogens is 2. The average molecular weight is 234 g/mol. The number of para-hydroxylation sites is 1. The van der Waals surface area contributed by atoms with Crippen molar-refractivity contribution < 1.29 is 5.11 Å². The Kier molecular flexibility index (Phi) is 3.65. The summed E-state index contributed by atoms with van der Waals surface area (Å²) in [5.74, 6) is 0.674. The van der Waals surface area contributed by atoms with Gasteiger partial charge in [-0.1, -0.05) is 23.7 Å². The summed E-state index contributed by atoms with van der Waals surface area (Å²) in [5, 5.41) is 10.0. The number of hydrogen-bond donors (Lipinski definition) is 2. The maximum absolute atomic E-state index is 9.63. The summed E-state index contributed by atoms with van der Waals surface area (Å²) in [6.07, 6.45) is 2.32. The largest absolute Gasteiger partial charge is 0.506 e. The summed E-state index contributed by atoms with van der Waals surface area (Å²) in [7, 11) is 0. The lowest BCUT2D eigenvalue weighted by Crippen LogP contribution is -2.12. The fourth-order valence-electron chi connectivity index (χ4n) is 1.51. The quantitative estimate of drug-likeness (QED) is 0.826. The van der Waals surface area contributed by atoms with Crippen molar-refractivity contribution in [2.45, 2.75) is 18.9 Å². The van der Waals surface area contributed by atoms with E-state index < -0.39 is 0 Å². The first-order chi connectivity index (χ1) is 6.20. The molecule has 0 aromatic heterocycles. The zero-order valence-corrected chi connectivity index (χ0v) is 9.18. The van der Waals surface area contributed by atoms with Gasteiger partial charge in [-0.2, -0.15) is 0 Å². The summed E-state index contributed by atoms with van der Waals surface area (Å²) in [4.78, 5) is 0. The third-order valence-electron chi connectivity index (χ3n) is 2.51. The molecule has 2 nitrogen and oxygen atoms in total. The first-order valence-electron chi connectivity index (χ1n) is 4.43. The molecule has 0 heterocycles. The Hall–Kier alpha value is -0.440. The monoisotopic (exact) mass is 233 g/mol. The minimum absolute atomic E-state index is 0. The molecule has 1 aliphatic rings. The van der Waals surface area contributed by atoms with Gasteiger partial charge < -0.3 is 10.8 Å². The van der Waals surface area contributed by atoms with E-state index in [9.17, 15) is 5.11 Å². The minimum atomic E-state index is -0.0568. The van der Waals surface area contributed by atoms with Crippen molar-refractivity contribution in [1.82, 2.24) is 0 Å². The second-order valence-corrected chi connectivity index (χ2v) is 3.95. The van der Waals surface area contributed by atoms with Crippen LogP contribution in [0.3, 0.4) is 0 Å². The normalized spacial score (nSPS) is 17.3. The second-order valence-electron chi connectivity index (χ2n) is 3.54. The van der Waals surface area contributed by atoms with E-state index in [1.165, 1.54) is 0 Å². The first-order valence-corrected chi connectivity index (χ1v) is 4.81. The van der Waals surface area contributed by atoms with Crippen molar-refractivity contribution in [1.29, 1.82) is 0 Å². The SMILES string of the molecule is Cl.N[C@H](c1cccc(Cl)c1O)C1CC1. The zero-order chi connectivity index (χ0) is 9.42. The maximum atomic E-state index is 9.63. The average Bonchev–Trinajstić information content (AvgIpc) is 2.91. The van der Waals surface area contributed by atoms with Gasteiger partial charge in [0.15, 0.2) is 0 Å². The third-order valence-corrected chi connectivity index (χ3v) is 2.81. The van der Waals surface area contributed by atoms with Gasteiger partial charge in [-0.3, -0.25) is 0 Å². The van der Waals surface area contributed by atoms with Gasteiger partial charge in [0.25, 0.3) is 0 Å². The van der Waals surface area contributed by atoms with E-state index in [1.807, 2.05) is 12.1 Å². The van der Waals surface area contributed by atoms with E-state index in [1.54, 1.807) is 6.07 Å². The number of hydrogen-bond acceptors (Lipinski definition) is 2. The molecule has 1 aromatic rings. The van der Waals surface area contributed by atoms with Crippen LogP contribution in [0.5, 0.6) is 5.75 Å². The molecule has 14 heavy (non-hydrogen) atoms. The van der Waals surface area contributed by atoms with Crippen molar-refractivity contribution in [3.63, 3.8) is 0 Å². The van der Waals surface area contributed by atoms with Crippen LogP contribution in [-0.4, -0.2) is 5.11 Å². The second kappa shape index (κ2) is 4.39. The zero-order valence-electron chi connectivity index (χ0n) is 7.61. The van der Waals surface area contributed by atoms with Crippen LogP contribution in [0.2, 0.25) is 5.02 Å². The fourth-order valence-corrected chi connectivity index (χ4v) is 1.69. The Morgan fingerprint density at radius 1 is 1.43 bits per heavy atom. The lowest BCUT2D eigenvalue weighted by atomic mass is 10.0. The summed E-state index contributed by atoms with van der Waals surface area (Å²) in [6.45, 7) is 0. The third kappa shape index (κ3) is 2.14. The van der Waals surface area contributed by atoms with E-state index in [-0.39, 0.29) is 24.2 Å². The molecule has 0 radical (unpaired) electrons. The molecule has 0 amide bonds. The summed E-state index contributed by atoms with van der Waals surface area (Å²) in [6, 6.07) is 5.27. The highest BCUT2D eigenvalue weighted by atomic mass is 35.5.